The number of allylic oxidation sites excluding steroid dienone is 3. The van der Waals surface area contributed by atoms with Crippen molar-refractivity contribution in [3.8, 4) is 5.75 Å². The number of benzene rings is 1. The molecule has 0 amide bonds. The smallest absolute Gasteiger partial charge is 0.337 e. The molecule has 2 aliphatic carbocycles. The second kappa shape index (κ2) is 8.52. The van der Waals surface area contributed by atoms with Gasteiger partial charge in [0.05, 0.1) is 12.2 Å². The molecule has 166 valence electrons. The average molecular weight is 424 g/mol. The lowest BCUT2D eigenvalue weighted by molar-refractivity contribution is -0.144. The van der Waals surface area contributed by atoms with Crippen LogP contribution in [0.5, 0.6) is 5.75 Å². The van der Waals surface area contributed by atoms with E-state index < -0.39 is 5.92 Å². The first-order chi connectivity index (χ1) is 14.8. The van der Waals surface area contributed by atoms with Crippen LogP contribution in [-0.4, -0.2) is 24.5 Å². The largest absolute Gasteiger partial charge is 0.494 e. The number of esters is 1. The zero-order valence-electron chi connectivity index (χ0n) is 19.0. The highest BCUT2D eigenvalue weighted by Crippen LogP contribution is 2.47. The Morgan fingerprint density at radius 1 is 1.13 bits per heavy atom. The van der Waals surface area contributed by atoms with E-state index in [4.69, 9.17) is 9.47 Å². The van der Waals surface area contributed by atoms with Gasteiger partial charge in [-0.15, -0.1) is 0 Å². The van der Waals surface area contributed by atoms with E-state index in [0.29, 0.717) is 24.2 Å². The normalized spacial score (nSPS) is 23.5. The molecule has 0 unspecified atom stereocenters. The van der Waals surface area contributed by atoms with E-state index in [1.54, 1.807) is 0 Å². The molecular formula is C26H33NO4. The van der Waals surface area contributed by atoms with Gasteiger partial charge in [-0.1, -0.05) is 26.0 Å². The molecular weight excluding hydrogens is 390 g/mol. The molecule has 0 saturated heterocycles. The molecule has 3 aliphatic rings. The maximum absolute atomic E-state index is 13.3. The minimum atomic E-state index is -0.413. The summed E-state index contributed by atoms with van der Waals surface area (Å²) in [6.07, 6.45) is 5.26. The van der Waals surface area contributed by atoms with Crippen LogP contribution in [0, 0.1) is 5.41 Å². The maximum Gasteiger partial charge on any atom is 0.337 e. The lowest BCUT2D eigenvalue weighted by atomic mass is 9.68. The van der Waals surface area contributed by atoms with Gasteiger partial charge in [-0.3, -0.25) is 4.79 Å². The molecule has 31 heavy (non-hydrogen) atoms. The Kier molecular flexibility index (Phi) is 5.96. The van der Waals surface area contributed by atoms with Crippen LogP contribution in [0.2, 0.25) is 0 Å². The summed E-state index contributed by atoms with van der Waals surface area (Å²) >= 11 is 0. The SMILES string of the molecule is CCOc1ccc([C@H]2C(C(=O)OC3CCCC3)=C(C)NC3=C2C(=O)CC(C)(C)C3)cc1. The van der Waals surface area contributed by atoms with Crippen LogP contribution in [0.15, 0.2) is 46.8 Å². The molecule has 5 nitrogen and oxygen atoms in total. The lowest BCUT2D eigenvalue weighted by Gasteiger charge is -2.39. The fraction of sp³-hybridized carbons (Fsp3) is 0.538. The van der Waals surface area contributed by atoms with Crippen molar-refractivity contribution in [2.24, 2.45) is 5.41 Å². The summed E-state index contributed by atoms with van der Waals surface area (Å²) in [6, 6.07) is 7.75. The van der Waals surface area contributed by atoms with Gasteiger partial charge in [0.2, 0.25) is 0 Å². The van der Waals surface area contributed by atoms with Crippen LogP contribution in [-0.2, 0) is 14.3 Å². The van der Waals surface area contributed by atoms with Crippen molar-refractivity contribution in [3.63, 3.8) is 0 Å². The summed E-state index contributed by atoms with van der Waals surface area (Å²) < 4.78 is 11.5. The molecule has 1 atom stereocenters. The van der Waals surface area contributed by atoms with Crippen LogP contribution < -0.4 is 10.1 Å². The van der Waals surface area contributed by atoms with Crippen molar-refractivity contribution < 1.29 is 19.1 Å². The molecule has 0 bridgehead atoms. The zero-order chi connectivity index (χ0) is 22.2. The van der Waals surface area contributed by atoms with Crippen molar-refractivity contribution in [2.45, 2.75) is 78.2 Å². The highest BCUT2D eigenvalue weighted by atomic mass is 16.5. The van der Waals surface area contributed by atoms with Crippen molar-refractivity contribution in [3.05, 3.63) is 52.4 Å². The molecule has 0 spiro atoms. The van der Waals surface area contributed by atoms with E-state index in [2.05, 4.69) is 19.2 Å². The van der Waals surface area contributed by atoms with Gasteiger partial charge in [0, 0.05) is 29.3 Å². The van der Waals surface area contributed by atoms with E-state index in [0.717, 1.165) is 54.8 Å². The predicted molar refractivity (Wildman–Crippen MR) is 120 cm³/mol. The molecule has 1 heterocycles. The molecule has 0 aromatic heterocycles. The monoisotopic (exact) mass is 423 g/mol. The van der Waals surface area contributed by atoms with Gasteiger partial charge in [-0.05, 0) is 69.1 Å². The van der Waals surface area contributed by atoms with Gasteiger partial charge in [0.15, 0.2) is 5.78 Å². The Morgan fingerprint density at radius 3 is 2.45 bits per heavy atom. The van der Waals surface area contributed by atoms with E-state index in [-0.39, 0.29) is 23.3 Å². The number of hydrogen-bond acceptors (Lipinski definition) is 5. The average Bonchev–Trinajstić information content (AvgIpc) is 3.19. The van der Waals surface area contributed by atoms with E-state index in [1.165, 1.54) is 0 Å². The van der Waals surface area contributed by atoms with Gasteiger partial charge in [-0.2, -0.15) is 0 Å². The van der Waals surface area contributed by atoms with Crippen molar-refractivity contribution in [1.29, 1.82) is 0 Å². The number of rotatable bonds is 5. The topological polar surface area (TPSA) is 64.6 Å². The minimum absolute atomic E-state index is 0.0230. The molecule has 4 rings (SSSR count). The third-order valence-electron chi connectivity index (χ3n) is 6.56. The quantitative estimate of drug-likeness (QED) is 0.662. The first kappa shape index (κ1) is 21.7. The first-order valence-corrected chi connectivity index (χ1v) is 11.5. The Hall–Kier alpha value is -2.56. The third-order valence-corrected chi connectivity index (χ3v) is 6.56. The molecule has 1 aliphatic heterocycles. The van der Waals surface area contributed by atoms with Gasteiger partial charge in [0.25, 0.3) is 0 Å². The number of Topliss-reactive ketones (excluding diaryl/α,β-unsaturated/α-hetero) is 1. The van der Waals surface area contributed by atoms with Crippen molar-refractivity contribution >= 4 is 11.8 Å². The molecule has 1 aromatic carbocycles. The minimum Gasteiger partial charge on any atom is -0.494 e. The van der Waals surface area contributed by atoms with Crippen LogP contribution in [0.3, 0.4) is 0 Å². The van der Waals surface area contributed by atoms with E-state index in [9.17, 15) is 9.59 Å². The van der Waals surface area contributed by atoms with Crippen LogP contribution in [0.4, 0.5) is 0 Å². The Labute approximate surface area is 184 Å². The van der Waals surface area contributed by atoms with Gasteiger partial charge in [0.1, 0.15) is 11.9 Å². The molecule has 1 fully saturated rings. The summed E-state index contributed by atoms with van der Waals surface area (Å²) in [4.78, 5) is 26.7. The Bertz CT molecular complexity index is 933. The van der Waals surface area contributed by atoms with E-state index in [1.807, 2.05) is 38.1 Å². The standard InChI is InChI=1S/C26H33NO4/c1-5-30-18-12-10-17(11-13-18)23-22(25(29)31-19-8-6-7-9-19)16(2)27-20-14-26(3,4)15-21(28)24(20)23/h10-13,19,23,27H,5-9,14-15H2,1-4H3/t23-/m0/s1. The number of nitrogens with one attached hydrogen (secondary N) is 1. The van der Waals surface area contributed by atoms with Gasteiger partial charge < -0.3 is 14.8 Å². The fourth-order valence-electron chi connectivity index (χ4n) is 5.18. The first-order valence-electron chi connectivity index (χ1n) is 11.5. The van der Waals surface area contributed by atoms with Crippen LogP contribution in [0.25, 0.3) is 0 Å². The number of dihydropyridines is 1. The van der Waals surface area contributed by atoms with Crippen LogP contribution >= 0.6 is 0 Å². The number of ketones is 1. The number of carbonyl (C=O) groups excluding carboxylic acids is 2. The Morgan fingerprint density at radius 2 is 1.81 bits per heavy atom. The number of hydrogen-bond donors (Lipinski definition) is 1. The number of carbonyl (C=O) groups is 2. The summed E-state index contributed by atoms with van der Waals surface area (Å²) in [5.74, 6) is 0.168. The second-order valence-electron chi connectivity index (χ2n) is 9.74. The summed E-state index contributed by atoms with van der Waals surface area (Å²) in [5, 5.41) is 3.40. The third kappa shape index (κ3) is 4.41. The Balaban J connectivity index is 1.75. The zero-order valence-corrected chi connectivity index (χ0v) is 19.0. The molecule has 1 aromatic rings. The molecule has 5 heteroatoms. The summed E-state index contributed by atoms with van der Waals surface area (Å²) in [7, 11) is 0. The van der Waals surface area contributed by atoms with Crippen molar-refractivity contribution in [1.82, 2.24) is 5.32 Å². The van der Waals surface area contributed by atoms with E-state index >= 15 is 0 Å². The number of ether oxygens (including phenoxy) is 2. The highest BCUT2D eigenvalue weighted by Gasteiger charge is 2.43. The van der Waals surface area contributed by atoms with Gasteiger partial charge in [-0.25, -0.2) is 4.79 Å². The molecule has 0 radical (unpaired) electrons. The predicted octanol–water partition coefficient (Wildman–Crippen LogP) is 5.18. The fourth-order valence-corrected chi connectivity index (χ4v) is 5.18. The summed E-state index contributed by atoms with van der Waals surface area (Å²) in [6.45, 7) is 8.69. The van der Waals surface area contributed by atoms with Crippen LogP contribution in [0.1, 0.15) is 77.7 Å². The second-order valence-corrected chi connectivity index (χ2v) is 9.74. The maximum atomic E-state index is 13.3. The van der Waals surface area contributed by atoms with Crippen molar-refractivity contribution in [2.75, 3.05) is 6.61 Å². The molecule has 1 N–H and O–H groups in total. The lowest BCUT2D eigenvalue weighted by Crippen LogP contribution is -2.39. The van der Waals surface area contributed by atoms with Gasteiger partial charge >= 0.3 is 5.97 Å². The summed E-state index contributed by atoms with van der Waals surface area (Å²) in [5.41, 5.74) is 3.81. The molecule has 1 saturated carbocycles. The highest BCUT2D eigenvalue weighted by molar-refractivity contribution is 6.04.